The van der Waals surface area contributed by atoms with Crippen LogP contribution in [0.25, 0.3) is 0 Å². The highest BCUT2D eigenvalue weighted by Crippen LogP contribution is 2.35. The largest absolute Gasteiger partial charge is 0.465 e. The Bertz CT molecular complexity index is 1280. The van der Waals surface area contributed by atoms with E-state index in [0.29, 0.717) is 17.0 Å². The molecule has 3 aliphatic rings. The lowest BCUT2D eigenvalue weighted by atomic mass is 9.95. The van der Waals surface area contributed by atoms with Gasteiger partial charge in [-0.25, -0.2) is 4.79 Å². The molecule has 35 heavy (non-hydrogen) atoms. The van der Waals surface area contributed by atoms with Gasteiger partial charge in [0.2, 0.25) is 5.91 Å². The lowest BCUT2D eigenvalue weighted by Crippen LogP contribution is -2.23. The van der Waals surface area contributed by atoms with Crippen molar-refractivity contribution in [2.24, 2.45) is 4.99 Å². The van der Waals surface area contributed by atoms with Gasteiger partial charge in [-0.2, -0.15) is 0 Å². The van der Waals surface area contributed by atoms with E-state index in [2.05, 4.69) is 46.7 Å². The minimum Gasteiger partial charge on any atom is -0.465 e. The lowest BCUT2D eigenvalue weighted by molar-refractivity contribution is -0.115. The summed E-state index contributed by atoms with van der Waals surface area (Å²) in [4.78, 5) is 31.7. The van der Waals surface area contributed by atoms with Crippen LogP contribution in [-0.2, 0) is 16.1 Å². The number of amides is 1. The maximum Gasteiger partial charge on any atom is 0.337 e. The Morgan fingerprint density at radius 1 is 1.17 bits per heavy atom. The summed E-state index contributed by atoms with van der Waals surface area (Å²) in [7, 11) is 1.34. The number of allylic oxidation sites excluding steroid dienone is 4. The van der Waals surface area contributed by atoms with E-state index in [4.69, 9.17) is 9.73 Å². The molecule has 0 saturated heterocycles. The van der Waals surface area contributed by atoms with Gasteiger partial charge in [0, 0.05) is 31.0 Å². The van der Waals surface area contributed by atoms with Gasteiger partial charge in [-0.15, -0.1) is 0 Å². The van der Waals surface area contributed by atoms with Gasteiger partial charge in [0.05, 0.1) is 18.4 Å². The van der Waals surface area contributed by atoms with E-state index in [9.17, 15) is 9.59 Å². The maximum absolute atomic E-state index is 12.7. The minimum atomic E-state index is -0.478. The number of rotatable bonds is 5. The maximum atomic E-state index is 12.7. The highest BCUT2D eigenvalue weighted by atomic mass is 16.5. The van der Waals surface area contributed by atoms with Crippen molar-refractivity contribution in [1.29, 1.82) is 0 Å². The fourth-order valence-electron chi connectivity index (χ4n) is 4.95. The monoisotopic (exact) mass is 467 g/mol. The smallest absolute Gasteiger partial charge is 0.337 e. The Labute approximate surface area is 205 Å². The third-order valence-electron chi connectivity index (χ3n) is 6.85. The summed E-state index contributed by atoms with van der Waals surface area (Å²) >= 11 is 0. The SMILES string of the molecule is COC(=O)c1ccc2c(c1)NC(=O)C2C(C)=Nc1ccc(CN2CC=C3CC=CC=C3CC2)cc1. The summed E-state index contributed by atoms with van der Waals surface area (Å²) in [5, 5.41) is 2.87. The van der Waals surface area contributed by atoms with Crippen molar-refractivity contribution in [3.8, 4) is 0 Å². The number of aliphatic imine (C=N–C) groups is 1. The van der Waals surface area contributed by atoms with Gasteiger partial charge in [-0.05, 0) is 66.3 Å². The summed E-state index contributed by atoms with van der Waals surface area (Å²) < 4.78 is 4.78. The number of benzene rings is 2. The van der Waals surface area contributed by atoms with Crippen molar-refractivity contribution in [2.75, 3.05) is 25.5 Å². The average molecular weight is 468 g/mol. The number of methoxy groups -OCH3 is 1. The van der Waals surface area contributed by atoms with Gasteiger partial charge in [0.25, 0.3) is 0 Å². The van der Waals surface area contributed by atoms with Gasteiger partial charge < -0.3 is 10.1 Å². The van der Waals surface area contributed by atoms with E-state index in [1.54, 1.807) is 18.2 Å². The van der Waals surface area contributed by atoms with Crippen molar-refractivity contribution in [3.05, 3.63) is 94.6 Å². The Morgan fingerprint density at radius 3 is 2.80 bits per heavy atom. The third-order valence-corrected chi connectivity index (χ3v) is 6.85. The van der Waals surface area contributed by atoms with Gasteiger partial charge in [0.15, 0.2) is 0 Å². The number of carbonyl (C=O) groups is 2. The molecule has 1 amide bonds. The Morgan fingerprint density at radius 2 is 2.00 bits per heavy atom. The molecule has 2 aliphatic heterocycles. The van der Waals surface area contributed by atoms with E-state index < -0.39 is 11.9 Å². The van der Waals surface area contributed by atoms with E-state index in [0.717, 1.165) is 43.7 Å². The first-order valence-electron chi connectivity index (χ1n) is 12.0. The third kappa shape index (κ3) is 4.88. The number of anilines is 1. The molecule has 0 saturated carbocycles. The van der Waals surface area contributed by atoms with Crippen LogP contribution in [0, 0.1) is 0 Å². The molecule has 178 valence electrons. The molecule has 0 spiro atoms. The molecule has 1 N–H and O–H groups in total. The highest BCUT2D eigenvalue weighted by Gasteiger charge is 2.33. The quantitative estimate of drug-likeness (QED) is 0.477. The van der Waals surface area contributed by atoms with Crippen molar-refractivity contribution in [3.63, 3.8) is 0 Å². The second-order valence-corrected chi connectivity index (χ2v) is 9.17. The van der Waals surface area contributed by atoms with Crippen LogP contribution in [0.3, 0.4) is 0 Å². The number of ether oxygens (including phenoxy) is 1. The fraction of sp³-hybridized carbons (Fsp3) is 0.276. The van der Waals surface area contributed by atoms with E-state index in [-0.39, 0.29) is 5.91 Å². The van der Waals surface area contributed by atoms with Crippen LogP contribution in [0.1, 0.15) is 47.2 Å². The lowest BCUT2D eigenvalue weighted by Gasteiger charge is -2.19. The molecule has 6 heteroatoms. The molecule has 2 aromatic rings. The number of nitrogens with zero attached hydrogens (tertiary/aromatic N) is 2. The first kappa shape index (κ1) is 23.0. The molecule has 6 nitrogen and oxygen atoms in total. The summed E-state index contributed by atoms with van der Waals surface area (Å²) in [5.41, 5.74) is 7.57. The molecule has 1 aliphatic carbocycles. The molecule has 2 heterocycles. The van der Waals surface area contributed by atoms with Crippen molar-refractivity contribution in [1.82, 2.24) is 4.90 Å². The van der Waals surface area contributed by atoms with Gasteiger partial charge in [-0.1, -0.05) is 42.5 Å². The minimum absolute atomic E-state index is 0.138. The first-order chi connectivity index (χ1) is 17.0. The average Bonchev–Trinajstić information content (AvgIpc) is 3.07. The summed E-state index contributed by atoms with van der Waals surface area (Å²) in [6.45, 7) is 4.78. The van der Waals surface area contributed by atoms with Crippen LogP contribution < -0.4 is 5.32 Å². The van der Waals surface area contributed by atoms with E-state index >= 15 is 0 Å². The van der Waals surface area contributed by atoms with Crippen molar-refractivity contribution < 1.29 is 14.3 Å². The number of hydrogen-bond acceptors (Lipinski definition) is 5. The predicted molar refractivity (Wildman–Crippen MR) is 138 cm³/mol. The molecule has 5 rings (SSSR count). The molecule has 0 bridgehead atoms. The molecule has 2 aromatic carbocycles. The number of hydrogen-bond donors (Lipinski definition) is 1. The second kappa shape index (κ2) is 9.84. The Kier molecular flexibility index (Phi) is 6.47. The zero-order valence-corrected chi connectivity index (χ0v) is 20.1. The second-order valence-electron chi connectivity index (χ2n) is 9.17. The summed E-state index contributed by atoms with van der Waals surface area (Å²) in [6.07, 6.45) is 11.1. The zero-order chi connectivity index (χ0) is 24.4. The number of fused-ring (bicyclic) bond motifs is 2. The Hall–Kier alpha value is -3.77. The number of carbonyl (C=O) groups excluding carboxylic acids is 2. The van der Waals surface area contributed by atoms with Crippen LogP contribution in [0.15, 0.2) is 82.9 Å². The van der Waals surface area contributed by atoms with Crippen LogP contribution in [0.5, 0.6) is 0 Å². The molecular formula is C29H29N3O3. The van der Waals surface area contributed by atoms with Gasteiger partial charge in [-0.3, -0.25) is 14.7 Å². The standard InChI is InChI=1S/C29H29N3O3/c1-19(27-25-12-9-23(29(34)35-2)17-26(25)31-28(27)33)30-24-10-7-20(8-11-24)18-32-15-13-21-5-3-4-6-22(21)14-16-32/h3-5,7-12,14,17,27H,6,13,15-16,18H2,1-2H3,(H,31,33). The molecular weight excluding hydrogens is 438 g/mol. The topological polar surface area (TPSA) is 71.0 Å². The zero-order valence-electron chi connectivity index (χ0n) is 20.1. The molecule has 1 unspecified atom stereocenters. The number of esters is 1. The van der Waals surface area contributed by atoms with Crippen LogP contribution in [-0.4, -0.2) is 42.7 Å². The predicted octanol–water partition coefficient (Wildman–Crippen LogP) is 5.32. The molecule has 0 radical (unpaired) electrons. The molecule has 1 atom stereocenters. The number of nitrogens with one attached hydrogen (secondary N) is 1. The van der Waals surface area contributed by atoms with Crippen LogP contribution in [0.2, 0.25) is 0 Å². The fourth-order valence-corrected chi connectivity index (χ4v) is 4.95. The first-order valence-corrected chi connectivity index (χ1v) is 12.0. The molecule has 0 aromatic heterocycles. The normalized spacial score (nSPS) is 19.8. The van der Waals surface area contributed by atoms with E-state index in [1.165, 1.54) is 23.8 Å². The van der Waals surface area contributed by atoms with Crippen molar-refractivity contribution >= 4 is 29.0 Å². The summed E-state index contributed by atoms with van der Waals surface area (Å²) in [5.74, 6) is -1.05. The molecule has 0 fully saturated rings. The van der Waals surface area contributed by atoms with Crippen molar-refractivity contribution in [2.45, 2.75) is 32.2 Å². The Balaban J connectivity index is 1.27. The van der Waals surface area contributed by atoms with E-state index in [1.807, 2.05) is 19.1 Å². The van der Waals surface area contributed by atoms with Gasteiger partial charge in [0.1, 0.15) is 5.92 Å². The summed E-state index contributed by atoms with van der Waals surface area (Å²) in [6, 6.07) is 13.4. The van der Waals surface area contributed by atoms with Gasteiger partial charge >= 0.3 is 5.97 Å². The highest BCUT2D eigenvalue weighted by molar-refractivity contribution is 6.18. The van der Waals surface area contributed by atoms with Crippen LogP contribution in [0.4, 0.5) is 11.4 Å². The van der Waals surface area contributed by atoms with Crippen LogP contribution >= 0.6 is 0 Å².